The van der Waals surface area contributed by atoms with Crippen LogP contribution in [0.15, 0.2) is 46.0 Å². The van der Waals surface area contributed by atoms with E-state index >= 15 is 0 Å². The lowest BCUT2D eigenvalue weighted by atomic mass is 10.1. The average molecular weight is 425 g/mol. The number of H-pyrrole nitrogens is 1. The molecule has 0 bridgehead atoms. The lowest BCUT2D eigenvalue weighted by molar-refractivity contribution is 0.0793. The third-order valence-electron chi connectivity index (χ3n) is 5.22. The van der Waals surface area contributed by atoms with Crippen LogP contribution >= 0.6 is 0 Å². The number of hydrogen-bond acceptors (Lipinski definition) is 5. The van der Waals surface area contributed by atoms with E-state index in [2.05, 4.69) is 11.9 Å². The molecule has 0 aliphatic rings. The average Bonchev–Trinajstić information content (AvgIpc) is 2.79. The lowest BCUT2D eigenvalue weighted by Crippen LogP contribution is -2.35. The number of amides is 1. The molecule has 1 N–H and O–H groups in total. The van der Waals surface area contributed by atoms with Gasteiger partial charge in [-0.1, -0.05) is 25.5 Å². The van der Waals surface area contributed by atoms with Crippen LogP contribution in [0.1, 0.15) is 35.7 Å². The molecule has 2 aromatic carbocycles. The highest BCUT2D eigenvalue weighted by atomic mass is 16.5. The van der Waals surface area contributed by atoms with Gasteiger partial charge in [-0.25, -0.2) is 4.79 Å². The number of aromatic amines is 1. The van der Waals surface area contributed by atoms with Crippen LogP contribution < -0.4 is 20.7 Å². The van der Waals surface area contributed by atoms with Gasteiger partial charge in [-0.05, 0) is 30.2 Å². The Morgan fingerprint density at radius 1 is 1.06 bits per heavy atom. The zero-order valence-corrected chi connectivity index (χ0v) is 18.2. The fourth-order valence-electron chi connectivity index (χ4n) is 3.38. The SMILES string of the molecule is CCCCN(C)C(=O)c1ccc(Cn2c(=O)[nH]c3cc(OC)c(OC)cc3c2=O)cc1. The summed E-state index contributed by atoms with van der Waals surface area (Å²) in [5.41, 5.74) is 0.724. The number of fused-ring (bicyclic) bond motifs is 1. The van der Waals surface area contributed by atoms with E-state index in [-0.39, 0.29) is 12.5 Å². The Morgan fingerprint density at radius 3 is 2.32 bits per heavy atom. The molecule has 0 aliphatic carbocycles. The molecule has 0 fully saturated rings. The number of methoxy groups -OCH3 is 2. The molecule has 0 radical (unpaired) electrons. The van der Waals surface area contributed by atoms with Crippen molar-refractivity contribution < 1.29 is 14.3 Å². The number of carbonyl (C=O) groups is 1. The number of aromatic nitrogens is 2. The normalized spacial score (nSPS) is 10.8. The van der Waals surface area contributed by atoms with Gasteiger partial charge < -0.3 is 19.4 Å². The van der Waals surface area contributed by atoms with Crippen LogP contribution in [0.4, 0.5) is 0 Å². The standard InChI is InChI=1S/C23H27N3O5/c1-5-6-11-25(2)21(27)16-9-7-15(8-10-16)14-26-22(28)17-12-19(30-3)20(31-4)13-18(17)24-23(26)29/h7-10,12-13H,5-6,11,14H2,1-4H3,(H,24,29). The zero-order chi connectivity index (χ0) is 22.5. The summed E-state index contributed by atoms with van der Waals surface area (Å²) in [7, 11) is 4.75. The first-order valence-electron chi connectivity index (χ1n) is 10.1. The molecule has 31 heavy (non-hydrogen) atoms. The topological polar surface area (TPSA) is 93.6 Å². The molecule has 8 heteroatoms. The Hall–Kier alpha value is -3.55. The van der Waals surface area contributed by atoms with Gasteiger partial charge in [0.05, 0.1) is 31.7 Å². The molecule has 0 spiro atoms. The fourth-order valence-corrected chi connectivity index (χ4v) is 3.38. The first-order valence-corrected chi connectivity index (χ1v) is 10.1. The highest BCUT2D eigenvalue weighted by molar-refractivity contribution is 5.94. The largest absolute Gasteiger partial charge is 0.493 e. The number of rotatable bonds is 8. The van der Waals surface area contributed by atoms with Crippen LogP contribution in [0.2, 0.25) is 0 Å². The number of ether oxygens (including phenoxy) is 2. The molecule has 1 aromatic heterocycles. The van der Waals surface area contributed by atoms with Crippen molar-refractivity contribution in [1.29, 1.82) is 0 Å². The van der Waals surface area contributed by atoms with Crippen LogP contribution in [0.3, 0.4) is 0 Å². The monoisotopic (exact) mass is 425 g/mol. The van der Waals surface area contributed by atoms with Gasteiger partial charge >= 0.3 is 5.69 Å². The predicted octanol–water partition coefficient (Wildman–Crippen LogP) is 2.63. The second-order valence-electron chi connectivity index (χ2n) is 7.35. The van der Waals surface area contributed by atoms with Crippen LogP contribution in [0.25, 0.3) is 10.9 Å². The zero-order valence-electron chi connectivity index (χ0n) is 18.2. The van der Waals surface area contributed by atoms with Crippen molar-refractivity contribution >= 4 is 16.8 Å². The van der Waals surface area contributed by atoms with E-state index in [1.165, 1.54) is 14.2 Å². The van der Waals surface area contributed by atoms with E-state index in [0.29, 0.717) is 34.5 Å². The molecule has 0 unspecified atom stereocenters. The molecule has 0 saturated carbocycles. The van der Waals surface area contributed by atoms with Gasteiger partial charge in [-0.15, -0.1) is 0 Å². The van der Waals surface area contributed by atoms with Crippen LogP contribution in [-0.2, 0) is 6.54 Å². The fraction of sp³-hybridized carbons (Fsp3) is 0.348. The second-order valence-corrected chi connectivity index (χ2v) is 7.35. The number of unbranched alkanes of at least 4 members (excludes halogenated alkanes) is 1. The molecule has 3 aromatic rings. The lowest BCUT2D eigenvalue weighted by Gasteiger charge is -2.17. The first kappa shape index (κ1) is 22.1. The maximum atomic E-state index is 13.0. The van der Waals surface area contributed by atoms with Crippen LogP contribution in [0, 0.1) is 0 Å². The van der Waals surface area contributed by atoms with E-state index in [1.807, 2.05) is 0 Å². The molecule has 1 heterocycles. The van der Waals surface area contributed by atoms with Gasteiger partial charge in [0.25, 0.3) is 11.5 Å². The number of benzene rings is 2. The summed E-state index contributed by atoms with van der Waals surface area (Å²) in [6.07, 6.45) is 1.97. The quantitative estimate of drug-likeness (QED) is 0.599. The third-order valence-corrected chi connectivity index (χ3v) is 5.22. The summed E-state index contributed by atoms with van der Waals surface area (Å²) < 4.78 is 11.6. The highest BCUT2D eigenvalue weighted by Gasteiger charge is 2.14. The van der Waals surface area contributed by atoms with Crippen molar-refractivity contribution in [2.24, 2.45) is 0 Å². The van der Waals surface area contributed by atoms with E-state index < -0.39 is 11.2 Å². The van der Waals surface area contributed by atoms with Gasteiger partial charge in [0.2, 0.25) is 0 Å². The van der Waals surface area contributed by atoms with Gasteiger partial charge in [0.15, 0.2) is 11.5 Å². The molecule has 0 aliphatic heterocycles. The predicted molar refractivity (Wildman–Crippen MR) is 119 cm³/mol. The van der Waals surface area contributed by atoms with Crippen molar-refractivity contribution in [2.45, 2.75) is 26.3 Å². The maximum absolute atomic E-state index is 13.0. The molecular formula is C23H27N3O5. The van der Waals surface area contributed by atoms with Crippen molar-refractivity contribution in [3.8, 4) is 11.5 Å². The Labute approximate surface area is 180 Å². The van der Waals surface area contributed by atoms with E-state index in [1.54, 1.807) is 48.3 Å². The van der Waals surface area contributed by atoms with Gasteiger partial charge in [0.1, 0.15) is 0 Å². The third kappa shape index (κ3) is 4.63. The van der Waals surface area contributed by atoms with E-state index in [0.717, 1.165) is 23.0 Å². The minimum atomic E-state index is -0.524. The molecule has 8 nitrogen and oxygen atoms in total. The summed E-state index contributed by atoms with van der Waals surface area (Å²) in [6.45, 7) is 2.86. The molecule has 1 amide bonds. The summed E-state index contributed by atoms with van der Waals surface area (Å²) in [5.74, 6) is 0.773. The van der Waals surface area contributed by atoms with Crippen LogP contribution in [0.5, 0.6) is 11.5 Å². The molecular weight excluding hydrogens is 398 g/mol. The Kier molecular flexibility index (Phi) is 6.79. The summed E-state index contributed by atoms with van der Waals surface area (Å²) in [4.78, 5) is 42.4. The van der Waals surface area contributed by atoms with E-state index in [9.17, 15) is 14.4 Å². The molecule has 3 rings (SSSR count). The minimum Gasteiger partial charge on any atom is -0.493 e. The summed E-state index contributed by atoms with van der Waals surface area (Å²) in [5, 5.41) is 0.321. The van der Waals surface area contributed by atoms with Gasteiger partial charge in [0, 0.05) is 25.2 Å². The molecule has 0 saturated heterocycles. The molecule has 164 valence electrons. The highest BCUT2D eigenvalue weighted by Crippen LogP contribution is 2.29. The second kappa shape index (κ2) is 9.51. The smallest absolute Gasteiger partial charge is 0.329 e. The number of hydrogen-bond donors (Lipinski definition) is 1. The number of nitrogens with one attached hydrogen (secondary N) is 1. The minimum absolute atomic E-state index is 0.0539. The number of nitrogens with zero attached hydrogens (tertiary/aromatic N) is 2. The maximum Gasteiger partial charge on any atom is 0.329 e. The van der Waals surface area contributed by atoms with Crippen LogP contribution in [-0.4, -0.2) is 48.2 Å². The Bertz CT molecular complexity index is 1190. The summed E-state index contributed by atoms with van der Waals surface area (Å²) in [6, 6.07) is 10.1. The van der Waals surface area contributed by atoms with E-state index in [4.69, 9.17) is 9.47 Å². The summed E-state index contributed by atoms with van der Waals surface area (Å²) >= 11 is 0. The van der Waals surface area contributed by atoms with Gasteiger partial charge in [-0.2, -0.15) is 0 Å². The van der Waals surface area contributed by atoms with Crippen molar-refractivity contribution in [3.63, 3.8) is 0 Å². The van der Waals surface area contributed by atoms with Crippen molar-refractivity contribution in [3.05, 3.63) is 68.4 Å². The molecule has 0 atom stereocenters. The van der Waals surface area contributed by atoms with Gasteiger partial charge in [-0.3, -0.25) is 14.2 Å². The first-order chi connectivity index (χ1) is 14.9. The Balaban J connectivity index is 1.90. The van der Waals surface area contributed by atoms with Crippen molar-refractivity contribution in [1.82, 2.24) is 14.5 Å². The van der Waals surface area contributed by atoms with Crippen molar-refractivity contribution in [2.75, 3.05) is 27.8 Å². The number of carbonyl (C=O) groups excluding carboxylic acids is 1. The Morgan fingerprint density at radius 2 is 1.71 bits per heavy atom.